The Kier molecular flexibility index (Phi) is 5.13. The molecule has 1 heterocycles. The summed E-state index contributed by atoms with van der Waals surface area (Å²) in [6, 6.07) is 1.30. The normalized spacial score (nSPS) is 11.7. The summed E-state index contributed by atoms with van der Waals surface area (Å²) in [6.45, 7) is 5.14. The molecule has 0 bridgehead atoms. The van der Waals surface area contributed by atoms with Gasteiger partial charge in [0.15, 0.2) is 0 Å². The van der Waals surface area contributed by atoms with Crippen molar-refractivity contribution in [3.63, 3.8) is 0 Å². The zero-order chi connectivity index (χ0) is 16.2. The number of carbonyl (C=O) groups is 2. The Bertz CT molecular complexity index is 669. The number of rotatable bonds is 4. The number of ketones is 1. The predicted molar refractivity (Wildman–Crippen MR) is 75.1 cm³/mol. The summed E-state index contributed by atoms with van der Waals surface area (Å²) in [7, 11) is 0. The molecule has 0 aliphatic carbocycles. The second-order valence-electron chi connectivity index (χ2n) is 5.31. The van der Waals surface area contributed by atoms with Crippen LogP contribution in [0.4, 0.5) is 0 Å². The second kappa shape index (κ2) is 6.43. The number of pyridine rings is 1. The number of hydrogen-bond acceptors (Lipinski definition) is 5. The number of aliphatic carboxylic acids is 1. The maximum Gasteiger partial charge on any atom is 0.377 e. The van der Waals surface area contributed by atoms with Gasteiger partial charge < -0.3 is 9.90 Å². The van der Waals surface area contributed by atoms with Gasteiger partial charge in [-0.3, -0.25) is 4.79 Å². The van der Waals surface area contributed by atoms with E-state index in [4.69, 9.17) is 17.1 Å². The van der Waals surface area contributed by atoms with Crippen molar-refractivity contribution in [3.8, 4) is 0 Å². The molecule has 1 aromatic heterocycles. The molecule has 7 heteroatoms. The van der Waals surface area contributed by atoms with E-state index in [1.807, 2.05) is 0 Å². The monoisotopic (exact) mass is 307 g/mol. The highest BCUT2D eigenvalue weighted by atomic mass is 35.5. The van der Waals surface area contributed by atoms with Crippen LogP contribution in [0.1, 0.15) is 36.7 Å². The molecule has 1 N–H and O–H groups in total. The molecule has 0 aliphatic heterocycles. The van der Waals surface area contributed by atoms with Gasteiger partial charge in [-0.2, -0.15) is 0 Å². The summed E-state index contributed by atoms with van der Waals surface area (Å²) >= 11 is 5.75. The van der Waals surface area contributed by atoms with Crippen molar-refractivity contribution in [1.82, 2.24) is 4.98 Å². The SMILES string of the molecule is CC(C)(C)C(=Cc1cnc(Cl)cc1C(=O)C=[N+]=N)C(=O)[O-]. The van der Waals surface area contributed by atoms with Crippen molar-refractivity contribution in [1.29, 1.82) is 5.53 Å². The molecule has 0 fully saturated rings. The van der Waals surface area contributed by atoms with Crippen LogP contribution in [0.5, 0.6) is 0 Å². The summed E-state index contributed by atoms with van der Waals surface area (Å²) in [6.07, 6.45) is 3.42. The quantitative estimate of drug-likeness (QED) is 0.226. The third kappa shape index (κ3) is 4.34. The molecule has 1 aromatic rings. The molecule has 6 nitrogen and oxygen atoms in total. The average molecular weight is 308 g/mol. The van der Waals surface area contributed by atoms with E-state index in [-0.39, 0.29) is 21.9 Å². The molecule has 0 radical (unpaired) electrons. The van der Waals surface area contributed by atoms with Crippen LogP contribution in [0.15, 0.2) is 17.8 Å². The number of halogens is 1. The lowest BCUT2D eigenvalue weighted by Gasteiger charge is -2.24. The molecule has 0 atom stereocenters. The first kappa shape index (κ1) is 16.8. The molecule has 0 amide bonds. The largest absolute Gasteiger partial charge is 0.545 e. The predicted octanol–water partition coefficient (Wildman–Crippen LogP) is 1.41. The second-order valence-corrected chi connectivity index (χ2v) is 5.70. The molecule has 0 spiro atoms. The number of carbonyl (C=O) groups excluding carboxylic acids is 2. The Balaban J connectivity index is 3.52. The van der Waals surface area contributed by atoms with Crippen LogP contribution in [0, 0.1) is 10.9 Å². The number of carboxylic acid groups (broad SMARTS) is 1. The fourth-order valence-electron chi connectivity index (χ4n) is 1.63. The highest BCUT2D eigenvalue weighted by Gasteiger charge is 2.20. The van der Waals surface area contributed by atoms with Gasteiger partial charge in [-0.05, 0) is 23.1 Å². The maximum absolute atomic E-state index is 11.9. The topological polar surface area (TPSA) is 108 Å². The molecular formula is C14H14ClN3O3. The number of nitrogens with one attached hydrogen (secondary N) is 1. The smallest absolute Gasteiger partial charge is 0.377 e. The van der Waals surface area contributed by atoms with Crippen molar-refractivity contribution in [3.05, 3.63) is 34.1 Å². The Labute approximate surface area is 126 Å². The number of carboxylic acids is 1. The van der Waals surface area contributed by atoms with Gasteiger partial charge >= 0.3 is 6.21 Å². The summed E-state index contributed by atoms with van der Waals surface area (Å²) in [5.74, 6) is -1.89. The first-order valence-corrected chi connectivity index (χ1v) is 6.37. The van der Waals surface area contributed by atoms with E-state index in [1.165, 1.54) is 18.3 Å². The zero-order valence-corrected chi connectivity index (χ0v) is 12.6. The van der Waals surface area contributed by atoms with Gasteiger partial charge in [0, 0.05) is 17.3 Å². The maximum atomic E-state index is 11.9. The minimum Gasteiger partial charge on any atom is -0.545 e. The Hall–Kier alpha value is -2.30. The van der Waals surface area contributed by atoms with Gasteiger partial charge in [-0.15, -0.1) is 0 Å². The van der Waals surface area contributed by atoms with Gasteiger partial charge in [-0.1, -0.05) is 32.4 Å². The Morgan fingerprint density at radius 2 is 2.05 bits per heavy atom. The number of hydrogen-bond donors (Lipinski definition) is 1. The summed E-state index contributed by atoms with van der Waals surface area (Å²) in [5.41, 5.74) is 6.43. The van der Waals surface area contributed by atoms with Crippen LogP contribution in [0.25, 0.3) is 6.08 Å². The van der Waals surface area contributed by atoms with Gasteiger partial charge in [0.2, 0.25) is 0 Å². The van der Waals surface area contributed by atoms with E-state index in [2.05, 4.69) is 9.77 Å². The first-order valence-electron chi connectivity index (χ1n) is 6.00. The number of Topliss-reactive ketones (excluding diaryl/α,β-unsaturated/α-hetero) is 1. The third-order valence-electron chi connectivity index (χ3n) is 2.68. The van der Waals surface area contributed by atoms with E-state index in [0.29, 0.717) is 0 Å². The van der Waals surface area contributed by atoms with Crippen LogP contribution >= 0.6 is 11.6 Å². The van der Waals surface area contributed by atoms with Crippen molar-refractivity contribution >= 4 is 35.6 Å². The van der Waals surface area contributed by atoms with Crippen LogP contribution in [-0.2, 0) is 4.79 Å². The van der Waals surface area contributed by atoms with E-state index >= 15 is 0 Å². The minimum absolute atomic E-state index is 0.0171. The average Bonchev–Trinajstić information content (AvgIpc) is 2.35. The Morgan fingerprint density at radius 3 is 2.52 bits per heavy atom. The van der Waals surface area contributed by atoms with E-state index < -0.39 is 17.2 Å². The van der Waals surface area contributed by atoms with Crippen molar-refractivity contribution < 1.29 is 19.5 Å². The minimum atomic E-state index is -1.33. The zero-order valence-electron chi connectivity index (χ0n) is 11.8. The highest BCUT2D eigenvalue weighted by molar-refractivity contribution is 6.35. The standard InChI is InChI=1S/C14H14ClN3O3/c1-14(2,3)10(13(20)21)4-8-6-17-12(15)5-9(8)11(19)7-18-16/h4-7,16H,1-3H3. The van der Waals surface area contributed by atoms with Crippen molar-refractivity contribution in [2.75, 3.05) is 0 Å². The van der Waals surface area contributed by atoms with Gasteiger partial charge in [0.05, 0.1) is 16.3 Å². The van der Waals surface area contributed by atoms with Gasteiger partial charge in [-0.25, -0.2) is 4.98 Å². The van der Waals surface area contributed by atoms with Crippen molar-refractivity contribution in [2.45, 2.75) is 20.8 Å². The fraction of sp³-hybridized carbons (Fsp3) is 0.286. The molecule has 0 aromatic carbocycles. The molecular weight excluding hydrogens is 294 g/mol. The van der Waals surface area contributed by atoms with Crippen LogP contribution in [0.2, 0.25) is 5.15 Å². The first-order chi connectivity index (χ1) is 9.66. The molecule has 0 aliphatic rings. The molecule has 0 saturated heterocycles. The van der Waals surface area contributed by atoms with Crippen LogP contribution < -0.4 is 5.11 Å². The molecule has 21 heavy (non-hydrogen) atoms. The van der Waals surface area contributed by atoms with Crippen molar-refractivity contribution in [2.24, 2.45) is 5.41 Å². The number of aromatic nitrogens is 1. The molecule has 0 unspecified atom stereocenters. The Morgan fingerprint density at radius 1 is 1.43 bits per heavy atom. The summed E-state index contributed by atoms with van der Waals surface area (Å²) < 4.78 is 0. The number of nitrogens with zero attached hydrogens (tertiary/aromatic N) is 2. The third-order valence-corrected chi connectivity index (χ3v) is 2.88. The lowest BCUT2D eigenvalue weighted by atomic mass is 9.85. The summed E-state index contributed by atoms with van der Waals surface area (Å²) in [4.78, 5) is 29.9. The van der Waals surface area contributed by atoms with E-state index in [9.17, 15) is 14.7 Å². The van der Waals surface area contributed by atoms with E-state index in [0.717, 1.165) is 6.21 Å². The van der Waals surface area contributed by atoms with Crippen LogP contribution in [-0.4, -0.2) is 27.7 Å². The highest BCUT2D eigenvalue weighted by Crippen LogP contribution is 2.28. The molecule has 1 rings (SSSR count). The van der Waals surface area contributed by atoms with Crippen LogP contribution in [0.3, 0.4) is 0 Å². The van der Waals surface area contributed by atoms with E-state index in [1.54, 1.807) is 20.8 Å². The fourth-order valence-corrected chi connectivity index (χ4v) is 1.79. The molecule has 0 saturated carbocycles. The lowest BCUT2D eigenvalue weighted by molar-refractivity contribution is -0.300. The van der Waals surface area contributed by atoms with Gasteiger partial charge in [0.1, 0.15) is 5.15 Å². The molecule has 110 valence electrons. The van der Waals surface area contributed by atoms with Gasteiger partial charge in [0.25, 0.3) is 5.78 Å². The lowest BCUT2D eigenvalue weighted by Crippen LogP contribution is -2.31. The summed E-state index contributed by atoms with van der Waals surface area (Å²) in [5, 5.41) is 11.3.